The van der Waals surface area contributed by atoms with Crippen molar-refractivity contribution in [3.05, 3.63) is 23.3 Å². The lowest BCUT2D eigenvalue weighted by Crippen LogP contribution is -2.48. The van der Waals surface area contributed by atoms with Gasteiger partial charge < -0.3 is 25.4 Å². The monoisotopic (exact) mass is 413 g/mol. The minimum absolute atomic E-state index is 0. The average Bonchev–Trinajstić information content (AvgIpc) is 2.65. The number of fused-ring (bicyclic) bond motifs is 1. The molecule has 8 heteroatoms. The van der Waals surface area contributed by atoms with Crippen LogP contribution in [0, 0.1) is 5.92 Å². The van der Waals surface area contributed by atoms with Crippen molar-refractivity contribution < 1.29 is 19.1 Å². The number of benzene rings is 1. The molecule has 1 aromatic carbocycles. The summed E-state index contributed by atoms with van der Waals surface area (Å²) in [5.74, 6) is 1.06. The lowest BCUT2D eigenvalue weighted by Gasteiger charge is -2.30. The highest BCUT2D eigenvalue weighted by Gasteiger charge is 2.24. The summed E-state index contributed by atoms with van der Waals surface area (Å²) in [7, 11) is 0. The Balaban J connectivity index is 0.00000392. The van der Waals surface area contributed by atoms with E-state index in [1.807, 2.05) is 39.8 Å². The first kappa shape index (κ1) is 24.0. The standard InChI is InChI=1S/C20H31N3O4.ClH/c1-5-26-16-9-14-7-8-23(12-15(14)10-17(16)27-6-2)18(24)11-22-20(25)19(21)13(3)4;/h9-10,13,19H,5-8,11-12,21H2,1-4H3,(H,22,25);1H/t19-;/m0./s1. The fourth-order valence-electron chi connectivity index (χ4n) is 3.01. The Kier molecular flexibility index (Phi) is 9.55. The molecular formula is C20H32ClN3O4. The molecule has 3 N–H and O–H groups in total. The number of hydrogen-bond donors (Lipinski definition) is 2. The molecule has 1 aliphatic heterocycles. The van der Waals surface area contributed by atoms with E-state index >= 15 is 0 Å². The molecule has 0 fully saturated rings. The fraction of sp³-hybridized carbons (Fsp3) is 0.600. The van der Waals surface area contributed by atoms with Crippen LogP contribution < -0.4 is 20.5 Å². The number of carbonyl (C=O) groups is 2. The van der Waals surface area contributed by atoms with E-state index in [0.29, 0.717) is 32.1 Å². The summed E-state index contributed by atoms with van der Waals surface area (Å²) >= 11 is 0. The van der Waals surface area contributed by atoms with E-state index in [9.17, 15) is 9.59 Å². The van der Waals surface area contributed by atoms with Gasteiger partial charge in [-0.15, -0.1) is 12.4 Å². The van der Waals surface area contributed by atoms with Crippen molar-refractivity contribution >= 4 is 24.2 Å². The normalized spacial score (nSPS) is 14.0. The predicted molar refractivity (Wildman–Crippen MR) is 111 cm³/mol. The molecule has 1 aromatic rings. The Bertz CT molecular complexity index is 682. The number of ether oxygens (including phenoxy) is 2. The van der Waals surface area contributed by atoms with E-state index in [0.717, 1.165) is 23.3 Å². The van der Waals surface area contributed by atoms with E-state index < -0.39 is 6.04 Å². The van der Waals surface area contributed by atoms with Gasteiger partial charge in [0.25, 0.3) is 0 Å². The maximum absolute atomic E-state index is 12.5. The summed E-state index contributed by atoms with van der Waals surface area (Å²) in [5.41, 5.74) is 8.02. The summed E-state index contributed by atoms with van der Waals surface area (Å²) in [4.78, 5) is 26.2. The highest BCUT2D eigenvalue weighted by Crippen LogP contribution is 2.33. The first-order valence-corrected chi connectivity index (χ1v) is 9.59. The maximum Gasteiger partial charge on any atom is 0.242 e. The molecule has 2 rings (SSSR count). The lowest BCUT2D eigenvalue weighted by molar-refractivity contribution is -0.134. The van der Waals surface area contributed by atoms with Crippen LogP contribution in [0.25, 0.3) is 0 Å². The number of rotatable bonds is 8. The van der Waals surface area contributed by atoms with Gasteiger partial charge in [0.2, 0.25) is 11.8 Å². The number of nitrogens with one attached hydrogen (secondary N) is 1. The molecule has 158 valence electrons. The summed E-state index contributed by atoms with van der Waals surface area (Å²) in [6.07, 6.45) is 0.743. The van der Waals surface area contributed by atoms with Crippen molar-refractivity contribution in [1.29, 1.82) is 0 Å². The Morgan fingerprint density at radius 1 is 1.14 bits per heavy atom. The van der Waals surface area contributed by atoms with Gasteiger partial charge in [-0.2, -0.15) is 0 Å². The van der Waals surface area contributed by atoms with Gasteiger partial charge in [-0.3, -0.25) is 9.59 Å². The SMILES string of the molecule is CCOc1cc2c(cc1OCC)CN(C(=O)CNC(=O)[C@@H](N)C(C)C)CC2.Cl. The second-order valence-corrected chi connectivity index (χ2v) is 6.99. The van der Waals surface area contributed by atoms with Crippen molar-refractivity contribution in [1.82, 2.24) is 10.2 Å². The largest absolute Gasteiger partial charge is 0.490 e. The van der Waals surface area contributed by atoms with E-state index in [4.69, 9.17) is 15.2 Å². The maximum atomic E-state index is 12.5. The number of nitrogens with zero attached hydrogens (tertiary/aromatic N) is 1. The zero-order valence-corrected chi connectivity index (χ0v) is 17.9. The van der Waals surface area contributed by atoms with E-state index in [1.54, 1.807) is 4.90 Å². The van der Waals surface area contributed by atoms with Crippen LogP contribution >= 0.6 is 12.4 Å². The van der Waals surface area contributed by atoms with Gasteiger partial charge in [-0.1, -0.05) is 13.8 Å². The molecule has 2 amide bonds. The molecule has 0 radical (unpaired) electrons. The number of amides is 2. The first-order chi connectivity index (χ1) is 12.9. The van der Waals surface area contributed by atoms with Crippen molar-refractivity contribution in [3.8, 4) is 11.5 Å². The van der Waals surface area contributed by atoms with Crippen molar-refractivity contribution in [2.45, 2.75) is 46.7 Å². The summed E-state index contributed by atoms with van der Waals surface area (Å²) in [6, 6.07) is 3.36. The van der Waals surface area contributed by atoms with Crippen LogP contribution in [0.2, 0.25) is 0 Å². The molecule has 1 aliphatic rings. The van der Waals surface area contributed by atoms with Gasteiger partial charge in [0.15, 0.2) is 11.5 Å². The van der Waals surface area contributed by atoms with Crippen molar-refractivity contribution in [3.63, 3.8) is 0 Å². The molecule has 0 saturated carbocycles. The second kappa shape index (κ2) is 11.1. The van der Waals surface area contributed by atoms with Gasteiger partial charge in [0.1, 0.15) is 0 Å². The third-order valence-corrected chi connectivity index (χ3v) is 4.67. The predicted octanol–water partition coefficient (Wildman–Crippen LogP) is 1.89. The Hall–Kier alpha value is -1.99. The number of halogens is 1. The van der Waals surface area contributed by atoms with Crippen LogP contribution in [-0.2, 0) is 22.6 Å². The van der Waals surface area contributed by atoms with Gasteiger partial charge in [0.05, 0.1) is 25.8 Å². The Morgan fingerprint density at radius 2 is 1.71 bits per heavy atom. The highest BCUT2D eigenvalue weighted by atomic mass is 35.5. The summed E-state index contributed by atoms with van der Waals surface area (Å²) in [6.45, 7) is 9.80. The molecule has 28 heavy (non-hydrogen) atoms. The number of carbonyl (C=O) groups excluding carboxylic acids is 2. The first-order valence-electron chi connectivity index (χ1n) is 9.59. The molecule has 1 heterocycles. The quantitative estimate of drug-likeness (QED) is 0.678. The lowest BCUT2D eigenvalue weighted by atomic mass is 9.98. The second-order valence-electron chi connectivity index (χ2n) is 6.99. The molecule has 0 bridgehead atoms. The molecule has 1 atom stereocenters. The van der Waals surface area contributed by atoms with Gasteiger partial charge >= 0.3 is 0 Å². The van der Waals surface area contributed by atoms with Crippen LogP contribution in [0.1, 0.15) is 38.8 Å². The molecule has 0 saturated heterocycles. The minimum Gasteiger partial charge on any atom is -0.490 e. The van der Waals surface area contributed by atoms with Gasteiger partial charge in [0, 0.05) is 13.1 Å². The fourth-order valence-corrected chi connectivity index (χ4v) is 3.01. The average molecular weight is 414 g/mol. The molecular weight excluding hydrogens is 382 g/mol. The van der Waals surface area contributed by atoms with Gasteiger partial charge in [-0.25, -0.2) is 0 Å². The van der Waals surface area contributed by atoms with Crippen molar-refractivity contribution in [2.75, 3.05) is 26.3 Å². The van der Waals surface area contributed by atoms with Gasteiger partial charge in [-0.05, 0) is 49.4 Å². The third kappa shape index (κ3) is 6.01. The minimum atomic E-state index is -0.606. The molecule has 0 aromatic heterocycles. The van der Waals surface area contributed by atoms with Crippen LogP contribution in [0.5, 0.6) is 11.5 Å². The Labute approximate surface area is 173 Å². The third-order valence-electron chi connectivity index (χ3n) is 4.67. The smallest absolute Gasteiger partial charge is 0.242 e. The van der Waals surface area contributed by atoms with Crippen LogP contribution in [-0.4, -0.2) is 49.1 Å². The van der Waals surface area contributed by atoms with E-state index in [-0.39, 0.29) is 36.7 Å². The topological polar surface area (TPSA) is 93.9 Å². The molecule has 0 aliphatic carbocycles. The van der Waals surface area contributed by atoms with Crippen LogP contribution in [0.3, 0.4) is 0 Å². The van der Waals surface area contributed by atoms with Crippen molar-refractivity contribution in [2.24, 2.45) is 11.7 Å². The number of hydrogen-bond acceptors (Lipinski definition) is 5. The highest BCUT2D eigenvalue weighted by molar-refractivity contribution is 5.87. The summed E-state index contributed by atoms with van der Waals surface area (Å²) in [5, 5.41) is 2.64. The Morgan fingerprint density at radius 3 is 2.25 bits per heavy atom. The van der Waals surface area contributed by atoms with Crippen LogP contribution in [0.4, 0.5) is 0 Å². The van der Waals surface area contributed by atoms with E-state index in [2.05, 4.69) is 5.32 Å². The molecule has 0 spiro atoms. The molecule has 0 unspecified atom stereocenters. The zero-order chi connectivity index (χ0) is 20.0. The summed E-state index contributed by atoms with van der Waals surface area (Å²) < 4.78 is 11.4. The van der Waals surface area contributed by atoms with Crippen LogP contribution in [0.15, 0.2) is 12.1 Å². The zero-order valence-electron chi connectivity index (χ0n) is 17.1. The molecule has 7 nitrogen and oxygen atoms in total. The number of nitrogens with two attached hydrogens (primary N) is 1. The van der Waals surface area contributed by atoms with E-state index in [1.165, 1.54) is 0 Å².